The number of nitrogens with two attached hydrogens (primary N) is 1. The van der Waals surface area contributed by atoms with Gasteiger partial charge in [0, 0.05) is 43.5 Å². The average molecular weight is 621 g/mol. The number of hydrogen-bond acceptors (Lipinski definition) is 8. The molecule has 0 aromatic heterocycles. The molecule has 2 bridgehead atoms. The van der Waals surface area contributed by atoms with E-state index in [1.165, 1.54) is 6.42 Å². The molecule has 14 atom stereocenters. The fraction of sp³-hybridized carbons (Fsp3) is 0.941. The predicted molar refractivity (Wildman–Crippen MR) is 168 cm³/mol. The number of amides is 2. The standard InChI is InChI=1S/C34H60N4O6/c1-18-26-14-23(34(26,3)4)15-27(18)36-33(42)30-29(19(2)40)28(17-39)44-38(30)16-20-9-8-10-25(31(20)43-7)21-11-22(32(35)41)13-24(12-21)37(5)6/h18-31,39-40H,8-17H2,1-7H3,(H2,35,41)(H,36,42)/t18-,19?,20?,21?,22?,23+,24?,25?,26-,27-,28-,29?,30-,31?/m0/s1. The topological polar surface area (TPSA) is 138 Å². The van der Waals surface area contributed by atoms with E-state index in [2.05, 4.69) is 45.1 Å². The Kier molecular flexibility index (Phi) is 10.4. The van der Waals surface area contributed by atoms with Crippen LogP contribution >= 0.6 is 0 Å². The predicted octanol–water partition coefficient (Wildman–Crippen LogP) is 2.41. The molecular weight excluding hydrogens is 560 g/mol. The quantitative estimate of drug-likeness (QED) is 0.292. The molecule has 0 spiro atoms. The lowest BCUT2D eigenvalue weighted by Gasteiger charge is -2.62. The van der Waals surface area contributed by atoms with Gasteiger partial charge in [-0.15, -0.1) is 0 Å². The zero-order valence-electron chi connectivity index (χ0n) is 28.2. The van der Waals surface area contributed by atoms with E-state index in [4.69, 9.17) is 15.3 Å². The Morgan fingerprint density at radius 3 is 2.45 bits per heavy atom. The summed E-state index contributed by atoms with van der Waals surface area (Å²) in [5.74, 6) is 1.30. The van der Waals surface area contributed by atoms with Crippen molar-refractivity contribution in [2.24, 2.45) is 58.5 Å². The van der Waals surface area contributed by atoms with E-state index in [9.17, 15) is 19.8 Å². The number of fused-ring (bicyclic) bond motifs is 2. The molecule has 5 saturated carbocycles. The highest BCUT2D eigenvalue weighted by atomic mass is 16.7. The van der Waals surface area contributed by atoms with E-state index >= 15 is 0 Å². The molecule has 10 heteroatoms. The summed E-state index contributed by atoms with van der Waals surface area (Å²) in [6.07, 6.45) is 6.28. The van der Waals surface area contributed by atoms with Gasteiger partial charge in [-0.05, 0) is 101 Å². The van der Waals surface area contributed by atoms with E-state index < -0.39 is 24.2 Å². The second kappa shape index (κ2) is 13.4. The van der Waals surface area contributed by atoms with E-state index in [1.54, 1.807) is 19.1 Å². The molecule has 2 amide bonds. The number of methoxy groups -OCH3 is 1. The third kappa shape index (κ3) is 6.33. The van der Waals surface area contributed by atoms with Crippen LogP contribution in [0.15, 0.2) is 0 Å². The van der Waals surface area contributed by atoms with Gasteiger partial charge in [-0.1, -0.05) is 27.2 Å². The van der Waals surface area contributed by atoms with Crippen LogP contribution in [0.25, 0.3) is 0 Å². The number of nitrogens with one attached hydrogen (secondary N) is 1. The molecule has 5 N–H and O–H groups in total. The van der Waals surface area contributed by atoms with Gasteiger partial charge in [0.05, 0.1) is 18.8 Å². The lowest BCUT2D eigenvalue weighted by molar-refractivity contribution is -0.193. The van der Waals surface area contributed by atoms with Crippen LogP contribution in [0, 0.1) is 52.8 Å². The Morgan fingerprint density at radius 2 is 1.89 bits per heavy atom. The normalized spacial score (nSPS) is 44.6. The van der Waals surface area contributed by atoms with Crippen LogP contribution in [0.5, 0.6) is 0 Å². The molecule has 252 valence electrons. The van der Waals surface area contributed by atoms with Crippen molar-refractivity contribution < 1.29 is 29.4 Å². The van der Waals surface area contributed by atoms with Crippen molar-refractivity contribution in [3.63, 3.8) is 0 Å². The summed E-state index contributed by atoms with van der Waals surface area (Å²) in [5.41, 5.74) is 6.16. The van der Waals surface area contributed by atoms with Crippen molar-refractivity contribution >= 4 is 11.8 Å². The van der Waals surface area contributed by atoms with Gasteiger partial charge in [-0.25, -0.2) is 0 Å². The number of rotatable bonds is 10. The number of carbonyl (C=O) groups is 2. The average Bonchev–Trinajstić information content (AvgIpc) is 3.36. The third-order valence-electron chi connectivity index (χ3n) is 13.2. The minimum Gasteiger partial charge on any atom is -0.394 e. The number of hydrogen-bond donors (Lipinski definition) is 4. The number of ether oxygens (including phenoxy) is 1. The fourth-order valence-electron chi connectivity index (χ4n) is 10.4. The van der Waals surface area contributed by atoms with Crippen LogP contribution in [0.1, 0.15) is 79.1 Å². The van der Waals surface area contributed by atoms with Crippen LogP contribution in [0.2, 0.25) is 0 Å². The molecule has 6 rings (SSSR count). The third-order valence-corrected chi connectivity index (χ3v) is 13.2. The minimum absolute atomic E-state index is 0.0543. The number of aliphatic hydroxyl groups is 2. The molecule has 1 aliphatic heterocycles. The summed E-state index contributed by atoms with van der Waals surface area (Å²) >= 11 is 0. The molecule has 0 aromatic rings. The first-order valence-electron chi connectivity index (χ1n) is 17.3. The van der Waals surface area contributed by atoms with E-state index in [-0.39, 0.29) is 48.3 Å². The van der Waals surface area contributed by atoms with Gasteiger partial charge in [-0.3, -0.25) is 14.4 Å². The molecule has 1 saturated heterocycles. The number of hydroxylamine groups is 2. The van der Waals surface area contributed by atoms with Crippen LogP contribution in [0.3, 0.4) is 0 Å². The molecule has 6 fully saturated rings. The van der Waals surface area contributed by atoms with Crippen molar-refractivity contribution in [2.45, 2.75) is 115 Å². The van der Waals surface area contributed by atoms with Gasteiger partial charge < -0.3 is 30.9 Å². The first-order valence-corrected chi connectivity index (χ1v) is 17.3. The Morgan fingerprint density at radius 1 is 1.16 bits per heavy atom. The van der Waals surface area contributed by atoms with Crippen molar-refractivity contribution in [3.05, 3.63) is 0 Å². The zero-order valence-corrected chi connectivity index (χ0v) is 28.2. The number of carbonyl (C=O) groups excluding carboxylic acids is 2. The Labute approximate surface area is 264 Å². The van der Waals surface area contributed by atoms with Crippen molar-refractivity contribution in [3.8, 4) is 0 Å². The van der Waals surface area contributed by atoms with Crippen molar-refractivity contribution in [1.29, 1.82) is 0 Å². The highest BCUT2D eigenvalue weighted by Crippen LogP contribution is 2.61. The second-order valence-corrected chi connectivity index (χ2v) is 16.0. The molecule has 0 aromatic carbocycles. The van der Waals surface area contributed by atoms with E-state index in [1.807, 2.05) is 0 Å². The first kappa shape index (κ1) is 34.0. The van der Waals surface area contributed by atoms with E-state index in [0.717, 1.165) is 44.9 Å². The lowest BCUT2D eigenvalue weighted by Crippen LogP contribution is -2.62. The van der Waals surface area contributed by atoms with Gasteiger partial charge in [0.2, 0.25) is 11.8 Å². The summed E-state index contributed by atoms with van der Waals surface area (Å²) < 4.78 is 6.25. The number of nitrogens with zero attached hydrogens (tertiary/aromatic N) is 2. The van der Waals surface area contributed by atoms with Gasteiger partial charge in [0.1, 0.15) is 12.1 Å². The van der Waals surface area contributed by atoms with E-state index in [0.29, 0.717) is 41.7 Å². The Balaban J connectivity index is 1.33. The molecule has 10 nitrogen and oxygen atoms in total. The van der Waals surface area contributed by atoms with Gasteiger partial charge in [-0.2, -0.15) is 5.06 Å². The maximum Gasteiger partial charge on any atom is 0.240 e. The molecule has 44 heavy (non-hydrogen) atoms. The van der Waals surface area contributed by atoms with Crippen LogP contribution in [0.4, 0.5) is 0 Å². The fourth-order valence-corrected chi connectivity index (χ4v) is 10.4. The SMILES string of the molecule is COC1C(CN2O[C@@H](CO)C(C(C)O)[C@H]2C(=O)N[C@H]2C[C@H]3C[C@@H]([C@@H]2C)C3(C)C)CCCC1C1CC(C(N)=O)CC(N(C)C)C1. The highest BCUT2D eigenvalue weighted by molar-refractivity contribution is 5.83. The molecule has 1 heterocycles. The molecule has 8 unspecified atom stereocenters. The first-order chi connectivity index (χ1) is 20.8. The highest BCUT2D eigenvalue weighted by Gasteiger charge is 2.58. The molecule has 0 radical (unpaired) electrons. The summed E-state index contributed by atoms with van der Waals surface area (Å²) in [7, 11) is 5.93. The lowest BCUT2D eigenvalue weighted by atomic mass is 9.45. The summed E-state index contributed by atoms with van der Waals surface area (Å²) in [6.45, 7) is 8.88. The van der Waals surface area contributed by atoms with Gasteiger partial charge >= 0.3 is 0 Å². The Hall–Kier alpha value is -1.30. The molecule has 6 aliphatic rings. The maximum atomic E-state index is 14.1. The van der Waals surface area contributed by atoms with Crippen molar-refractivity contribution in [1.82, 2.24) is 15.3 Å². The minimum atomic E-state index is -0.822. The zero-order chi connectivity index (χ0) is 32.1. The van der Waals surface area contributed by atoms with Crippen LogP contribution in [-0.4, -0.2) is 103 Å². The number of aliphatic hydroxyl groups excluding tert-OH is 2. The smallest absolute Gasteiger partial charge is 0.240 e. The van der Waals surface area contributed by atoms with Crippen LogP contribution < -0.4 is 11.1 Å². The van der Waals surface area contributed by atoms with Gasteiger partial charge in [0.25, 0.3) is 0 Å². The molecular formula is C34H60N4O6. The Bertz CT molecular complexity index is 1020. The van der Waals surface area contributed by atoms with Crippen LogP contribution in [-0.2, 0) is 19.2 Å². The van der Waals surface area contributed by atoms with Gasteiger partial charge in [0.15, 0.2) is 0 Å². The molecule has 5 aliphatic carbocycles. The second-order valence-electron chi connectivity index (χ2n) is 16.0. The maximum absolute atomic E-state index is 14.1. The summed E-state index contributed by atoms with van der Waals surface area (Å²) in [4.78, 5) is 35.0. The largest absolute Gasteiger partial charge is 0.394 e. The number of primary amides is 1. The summed E-state index contributed by atoms with van der Waals surface area (Å²) in [5, 5.41) is 26.3. The van der Waals surface area contributed by atoms with Crippen molar-refractivity contribution in [2.75, 3.05) is 34.4 Å². The monoisotopic (exact) mass is 620 g/mol. The summed E-state index contributed by atoms with van der Waals surface area (Å²) in [6, 6.07) is -0.297.